The van der Waals surface area contributed by atoms with Crippen LogP contribution in [-0.2, 0) is 16.0 Å². The highest BCUT2D eigenvalue weighted by atomic mass is 19.1. The largest absolute Gasteiger partial charge is 0.340 e. The molecule has 4 aromatic rings. The number of hydrogen-bond acceptors (Lipinski definition) is 10. The Labute approximate surface area is 307 Å². The standard InChI is InChI=1S/C39H45FN10O3/c1-5-28-38(52)47(3)29-20-43-35(46-36(29)49(28)26-10-6-7-11-26)24-17-25(44-32(51)19-24)16-22(2)33-39(53)48(4)30-21-42-34(23-14-15-41-31(40)18-23)45-37(30)50(33)27-12-8-9-13-27/h14-15,17-22,26-28,33H,5-13,16H2,1-4H3,(H,44,51)/t22?,28-,33-/m1/s1. The van der Waals surface area contributed by atoms with Crippen molar-refractivity contribution in [2.24, 2.45) is 5.92 Å². The molecule has 0 bridgehead atoms. The third kappa shape index (κ3) is 6.21. The molecule has 13 nitrogen and oxygen atoms in total. The maximum absolute atomic E-state index is 14.3. The zero-order valence-electron chi connectivity index (χ0n) is 30.6. The maximum atomic E-state index is 14.3. The van der Waals surface area contributed by atoms with Gasteiger partial charge in [-0.1, -0.05) is 39.5 Å². The second-order valence-corrected chi connectivity index (χ2v) is 15.0. The molecule has 53 heavy (non-hydrogen) atoms. The molecular weight excluding hydrogens is 675 g/mol. The Bertz CT molecular complexity index is 2110. The van der Waals surface area contributed by atoms with E-state index in [1.807, 2.05) is 19.9 Å². The Hall–Kier alpha value is -5.27. The van der Waals surface area contributed by atoms with Crippen LogP contribution in [0.1, 0.15) is 77.3 Å². The van der Waals surface area contributed by atoms with Crippen LogP contribution in [0.25, 0.3) is 22.8 Å². The van der Waals surface area contributed by atoms with Gasteiger partial charge in [-0.15, -0.1) is 0 Å². The fourth-order valence-electron chi connectivity index (χ4n) is 8.96. The molecule has 14 heteroatoms. The van der Waals surface area contributed by atoms with Crippen molar-refractivity contribution in [3.05, 3.63) is 64.9 Å². The highest BCUT2D eigenvalue weighted by Gasteiger charge is 2.45. The number of amides is 2. The zero-order valence-corrected chi connectivity index (χ0v) is 30.6. The summed E-state index contributed by atoms with van der Waals surface area (Å²) >= 11 is 0. The Morgan fingerprint density at radius 3 is 2.00 bits per heavy atom. The number of aromatic amines is 1. The Balaban J connectivity index is 1.14. The van der Waals surface area contributed by atoms with Gasteiger partial charge in [0, 0.05) is 61.3 Å². The minimum absolute atomic E-state index is 0.0433. The lowest BCUT2D eigenvalue weighted by molar-refractivity contribution is -0.121. The lowest BCUT2D eigenvalue weighted by Crippen LogP contribution is -2.58. The summed E-state index contributed by atoms with van der Waals surface area (Å²) in [5, 5.41) is 0. The summed E-state index contributed by atoms with van der Waals surface area (Å²) < 4.78 is 14.1. The summed E-state index contributed by atoms with van der Waals surface area (Å²) in [4.78, 5) is 74.4. The normalized spacial score (nSPS) is 21.4. The number of pyridine rings is 2. The van der Waals surface area contributed by atoms with E-state index < -0.39 is 12.0 Å². The van der Waals surface area contributed by atoms with Crippen molar-refractivity contribution in [2.75, 3.05) is 33.7 Å². The van der Waals surface area contributed by atoms with E-state index in [2.05, 4.69) is 29.7 Å². The van der Waals surface area contributed by atoms with E-state index in [0.717, 1.165) is 57.2 Å². The molecule has 0 spiro atoms. The number of halogens is 1. The third-order valence-corrected chi connectivity index (χ3v) is 11.6. The average Bonchev–Trinajstić information content (AvgIpc) is 3.89. The van der Waals surface area contributed by atoms with E-state index >= 15 is 0 Å². The number of carbonyl (C=O) groups is 2. The van der Waals surface area contributed by atoms with Crippen LogP contribution < -0.4 is 25.2 Å². The van der Waals surface area contributed by atoms with Crippen molar-refractivity contribution in [3.63, 3.8) is 0 Å². The fourth-order valence-corrected chi connectivity index (χ4v) is 8.96. The maximum Gasteiger partial charge on any atom is 0.249 e. The molecule has 2 aliphatic heterocycles. The van der Waals surface area contributed by atoms with Gasteiger partial charge in [-0.2, -0.15) is 4.39 Å². The van der Waals surface area contributed by atoms with Gasteiger partial charge in [0.25, 0.3) is 0 Å². The number of nitrogens with zero attached hydrogens (tertiary/aromatic N) is 9. The van der Waals surface area contributed by atoms with E-state index in [9.17, 15) is 18.8 Å². The monoisotopic (exact) mass is 720 g/mol. The SMILES string of the molecule is CC[C@@H]1C(=O)N(C)c2cnc(-c3cc(CC(C)[C@@H]4C(=O)N(C)c5cnc(-c6ccnc(F)c6)nc5N4C4CCCC4)[nH]c(=O)c3)nc2N1C1CCCC1. The first-order valence-electron chi connectivity index (χ1n) is 18.8. The molecule has 4 aliphatic rings. The molecule has 276 valence electrons. The fraction of sp³-hybridized carbons (Fsp3) is 0.487. The lowest BCUT2D eigenvalue weighted by Gasteiger charge is -2.46. The minimum Gasteiger partial charge on any atom is -0.340 e. The first-order valence-corrected chi connectivity index (χ1v) is 18.8. The minimum atomic E-state index is -0.619. The van der Waals surface area contributed by atoms with Gasteiger partial charge in [0.1, 0.15) is 23.5 Å². The van der Waals surface area contributed by atoms with Gasteiger partial charge in [-0.3, -0.25) is 14.4 Å². The summed E-state index contributed by atoms with van der Waals surface area (Å²) in [7, 11) is 3.51. The van der Waals surface area contributed by atoms with Crippen molar-refractivity contribution in [1.29, 1.82) is 0 Å². The number of likely N-dealkylation sites (N-methyl/N-ethyl adjacent to an activating group) is 2. The number of nitrogens with one attached hydrogen (secondary N) is 1. The smallest absolute Gasteiger partial charge is 0.249 e. The van der Waals surface area contributed by atoms with Crippen LogP contribution in [0.15, 0.2) is 47.7 Å². The molecule has 3 atom stereocenters. The van der Waals surface area contributed by atoms with Crippen LogP contribution in [0, 0.1) is 11.9 Å². The number of hydrogen-bond donors (Lipinski definition) is 1. The van der Waals surface area contributed by atoms with Crippen LogP contribution in [0.5, 0.6) is 0 Å². The molecule has 1 N–H and O–H groups in total. The first kappa shape index (κ1) is 34.8. The van der Waals surface area contributed by atoms with Gasteiger partial charge >= 0.3 is 0 Å². The molecule has 0 saturated heterocycles. The van der Waals surface area contributed by atoms with Crippen molar-refractivity contribution < 1.29 is 14.0 Å². The van der Waals surface area contributed by atoms with Crippen LogP contribution in [0.3, 0.4) is 0 Å². The zero-order chi connectivity index (χ0) is 37.0. The third-order valence-electron chi connectivity index (χ3n) is 11.6. The van der Waals surface area contributed by atoms with Gasteiger partial charge in [0.15, 0.2) is 23.3 Å². The van der Waals surface area contributed by atoms with Crippen molar-refractivity contribution >= 4 is 34.8 Å². The van der Waals surface area contributed by atoms with Crippen LogP contribution in [-0.4, -0.2) is 80.0 Å². The molecule has 6 heterocycles. The van der Waals surface area contributed by atoms with Crippen LogP contribution in [0.4, 0.5) is 27.4 Å². The Kier molecular flexibility index (Phi) is 9.15. The molecule has 2 saturated carbocycles. The Morgan fingerprint density at radius 2 is 1.38 bits per heavy atom. The quantitative estimate of drug-likeness (QED) is 0.238. The summed E-state index contributed by atoms with van der Waals surface area (Å²) in [6.07, 6.45) is 14.0. The van der Waals surface area contributed by atoms with Crippen molar-refractivity contribution in [3.8, 4) is 22.8 Å². The highest BCUT2D eigenvalue weighted by molar-refractivity contribution is 6.05. The van der Waals surface area contributed by atoms with Gasteiger partial charge in [0.2, 0.25) is 23.3 Å². The Morgan fingerprint density at radius 1 is 0.792 bits per heavy atom. The summed E-state index contributed by atoms with van der Waals surface area (Å²) in [6.45, 7) is 4.06. The van der Waals surface area contributed by atoms with E-state index in [1.165, 1.54) is 18.3 Å². The predicted octanol–water partition coefficient (Wildman–Crippen LogP) is 5.30. The molecule has 4 aromatic heterocycles. The molecule has 2 aliphatic carbocycles. The van der Waals surface area contributed by atoms with Crippen molar-refractivity contribution in [2.45, 2.75) is 102 Å². The molecule has 2 fully saturated rings. The molecule has 0 radical (unpaired) electrons. The van der Waals surface area contributed by atoms with E-state index in [-0.39, 0.29) is 41.4 Å². The second kappa shape index (κ2) is 13.9. The van der Waals surface area contributed by atoms with Crippen LogP contribution in [0.2, 0.25) is 0 Å². The molecular formula is C39H45FN10O3. The molecule has 8 rings (SSSR count). The molecule has 2 amide bonds. The number of aromatic nitrogens is 6. The van der Waals surface area contributed by atoms with E-state index in [1.54, 1.807) is 42.4 Å². The number of carbonyl (C=O) groups excluding carboxylic acids is 2. The van der Waals surface area contributed by atoms with Gasteiger partial charge < -0.3 is 24.6 Å². The number of fused-ring (bicyclic) bond motifs is 2. The van der Waals surface area contributed by atoms with Gasteiger partial charge in [-0.05, 0) is 56.6 Å². The first-order chi connectivity index (χ1) is 25.6. The number of anilines is 4. The predicted molar refractivity (Wildman–Crippen MR) is 200 cm³/mol. The van der Waals surface area contributed by atoms with Gasteiger partial charge in [-0.25, -0.2) is 24.9 Å². The van der Waals surface area contributed by atoms with Gasteiger partial charge in [0.05, 0.1) is 12.4 Å². The van der Waals surface area contributed by atoms with E-state index in [4.69, 9.17) is 9.97 Å². The highest BCUT2D eigenvalue weighted by Crippen LogP contribution is 2.43. The summed E-state index contributed by atoms with van der Waals surface area (Å²) in [6, 6.07) is 5.82. The number of rotatable bonds is 8. The summed E-state index contributed by atoms with van der Waals surface area (Å²) in [5.41, 5.74) is 2.73. The second-order valence-electron chi connectivity index (χ2n) is 15.0. The summed E-state index contributed by atoms with van der Waals surface area (Å²) in [5.74, 6) is 1.25. The topological polar surface area (TPSA) is 144 Å². The van der Waals surface area contributed by atoms with E-state index in [0.29, 0.717) is 58.5 Å². The van der Waals surface area contributed by atoms with Crippen LogP contribution >= 0.6 is 0 Å². The average molecular weight is 721 g/mol. The molecule has 0 aromatic carbocycles. The molecule has 1 unspecified atom stereocenters. The van der Waals surface area contributed by atoms with Crippen molar-refractivity contribution in [1.82, 2.24) is 29.9 Å². The lowest BCUT2D eigenvalue weighted by atomic mass is 9.90. The number of H-pyrrole nitrogens is 1.